The van der Waals surface area contributed by atoms with Gasteiger partial charge in [0.1, 0.15) is 17.0 Å². The molecule has 0 unspecified atom stereocenters. The Morgan fingerprint density at radius 1 is 1.20 bits per heavy atom. The Hall–Kier alpha value is -1.28. The molecule has 3 aliphatic rings. The zero-order valence-corrected chi connectivity index (χ0v) is 15.3. The van der Waals surface area contributed by atoms with Crippen LogP contribution in [-0.2, 0) is 17.7 Å². The monoisotopic (exact) mass is 359 g/mol. The summed E-state index contributed by atoms with van der Waals surface area (Å²) in [7, 11) is 0. The molecule has 2 atom stereocenters. The quantitative estimate of drug-likeness (QED) is 0.874. The van der Waals surface area contributed by atoms with Crippen molar-refractivity contribution in [3.05, 3.63) is 16.8 Å². The van der Waals surface area contributed by atoms with Crippen LogP contribution in [0.1, 0.15) is 29.7 Å². The molecule has 5 heterocycles. The predicted octanol–water partition coefficient (Wildman–Crippen LogP) is 2.00. The van der Waals surface area contributed by atoms with Crippen LogP contribution in [-0.4, -0.2) is 59.8 Å². The highest BCUT2D eigenvalue weighted by Crippen LogP contribution is 2.36. The first kappa shape index (κ1) is 15.9. The Kier molecular flexibility index (Phi) is 4.33. The van der Waals surface area contributed by atoms with Crippen LogP contribution in [0, 0.1) is 0 Å². The van der Waals surface area contributed by atoms with Crippen molar-refractivity contribution in [1.82, 2.24) is 20.2 Å². The zero-order chi connectivity index (χ0) is 16.6. The fourth-order valence-electron chi connectivity index (χ4n) is 4.43. The van der Waals surface area contributed by atoms with Crippen LogP contribution in [0.4, 0.5) is 5.82 Å². The number of nitrogens with zero attached hydrogens (tertiary/aromatic N) is 3. The molecule has 0 spiro atoms. The first-order chi connectivity index (χ1) is 12.4. The number of thiophene rings is 1. The minimum absolute atomic E-state index is 0.313. The maximum absolute atomic E-state index is 5.85. The van der Waals surface area contributed by atoms with E-state index in [1.807, 2.05) is 0 Å². The van der Waals surface area contributed by atoms with Gasteiger partial charge in [0, 0.05) is 11.4 Å². The number of hydrogen-bond donors (Lipinski definition) is 2. The van der Waals surface area contributed by atoms with Gasteiger partial charge < -0.3 is 15.4 Å². The molecule has 0 amide bonds. The smallest absolute Gasteiger partial charge is 0.138 e. The average molecular weight is 359 g/mol. The molecule has 7 heteroatoms. The van der Waals surface area contributed by atoms with Crippen molar-refractivity contribution in [1.29, 1.82) is 0 Å². The molecule has 6 nitrogen and oxygen atoms in total. The SMILES string of the molecule is c1nc(N[C@@H]2COC[C@H]2N2CCCCC2)c2c3c(sc2n1)CNCC3. The number of hydrogen-bond acceptors (Lipinski definition) is 7. The van der Waals surface area contributed by atoms with E-state index in [2.05, 4.69) is 25.5 Å². The van der Waals surface area contributed by atoms with Gasteiger partial charge in [-0.25, -0.2) is 9.97 Å². The van der Waals surface area contributed by atoms with E-state index in [1.165, 1.54) is 48.2 Å². The third-order valence-corrected chi connectivity index (χ3v) is 6.88. The molecule has 3 aliphatic heterocycles. The minimum atomic E-state index is 0.313. The highest BCUT2D eigenvalue weighted by atomic mass is 32.1. The summed E-state index contributed by atoms with van der Waals surface area (Å²) in [6.07, 6.45) is 6.75. The number of piperidine rings is 1. The Morgan fingerprint density at radius 3 is 3.04 bits per heavy atom. The highest BCUT2D eigenvalue weighted by Gasteiger charge is 2.34. The van der Waals surface area contributed by atoms with Gasteiger partial charge in [0.25, 0.3) is 0 Å². The van der Waals surface area contributed by atoms with Gasteiger partial charge in [-0.2, -0.15) is 0 Å². The lowest BCUT2D eigenvalue weighted by Crippen LogP contribution is -2.48. The van der Waals surface area contributed by atoms with Gasteiger partial charge in [-0.1, -0.05) is 6.42 Å². The van der Waals surface area contributed by atoms with Crippen molar-refractivity contribution in [2.75, 3.05) is 38.2 Å². The van der Waals surface area contributed by atoms with E-state index in [-0.39, 0.29) is 0 Å². The maximum Gasteiger partial charge on any atom is 0.138 e. The average Bonchev–Trinajstić information content (AvgIpc) is 3.27. The second-order valence-electron chi connectivity index (χ2n) is 7.29. The summed E-state index contributed by atoms with van der Waals surface area (Å²) in [5, 5.41) is 8.44. The Labute approximate surface area is 152 Å². The van der Waals surface area contributed by atoms with Crippen LogP contribution in [0.5, 0.6) is 0 Å². The number of likely N-dealkylation sites (tertiary alicyclic amines) is 1. The van der Waals surface area contributed by atoms with Gasteiger partial charge in [-0.15, -0.1) is 11.3 Å². The summed E-state index contributed by atoms with van der Waals surface area (Å²) >= 11 is 1.81. The fourth-order valence-corrected chi connectivity index (χ4v) is 5.59. The van der Waals surface area contributed by atoms with Crippen molar-refractivity contribution in [2.45, 2.75) is 44.3 Å². The molecule has 2 aromatic heterocycles. The normalized spacial score (nSPS) is 27.5. The third kappa shape index (κ3) is 2.93. The number of fused-ring (bicyclic) bond motifs is 3. The van der Waals surface area contributed by atoms with Crippen LogP contribution >= 0.6 is 11.3 Å². The molecule has 2 aromatic rings. The van der Waals surface area contributed by atoms with E-state index >= 15 is 0 Å². The number of ether oxygens (including phenoxy) is 1. The molecule has 2 fully saturated rings. The predicted molar refractivity (Wildman–Crippen MR) is 100 cm³/mol. The largest absolute Gasteiger partial charge is 0.378 e. The van der Waals surface area contributed by atoms with Crippen molar-refractivity contribution < 1.29 is 4.74 Å². The van der Waals surface area contributed by atoms with Gasteiger partial charge in [-0.05, 0) is 44.5 Å². The summed E-state index contributed by atoms with van der Waals surface area (Å²) in [5.41, 5.74) is 1.44. The highest BCUT2D eigenvalue weighted by molar-refractivity contribution is 7.18. The van der Waals surface area contributed by atoms with Gasteiger partial charge in [-0.3, -0.25) is 4.90 Å². The van der Waals surface area contributed by atoms with Gasteiger partial charge in [0.05, 0.1) is 30.7 Å². The topological polar surface area (TPSA) is 62.3 Å². The molecule has 134 valence electrons. The molecule has 0 radical (unpaired) electrons. The summed E-state index contributed by atoms with van der Waals surface area (Å²) < 4.78 is 5.85. The molecule has 0 bridgehead atoms. The molecular formula is C18H25N5OS. The van der Waals surface area contributed by atoms with Gasteiger partial charge in [0.15, 0.2) is 0 Å². The first-order valence-electron chi connectivity index (χ1n) is 9.44. The molecular weight excluding hydrogens is 334 g/mol. The van der Waals surface area contributed by atoms with Crippen molar-refractivity contribution in [2.24, 2.45) is 0 Å². The van der Waals surface area contributed by atoms with Gasteiger partial charge >= 0.3 is 0 Å². The van der Waals surface area contributed by atoms with Crippen LogP contribution in [0.15, 0.2) is 6.33 Å². The summed E-state index contributed by atoms with van der Waals surface area (Å²) in [4.78, 5) is 14.3. The lowest BCUT2D eigenvalue weighted by molar-refractivity contribution is 0.127. The fraction of sp³-hybridized carbons (Fsp3) is 0.667. The van der Waals surface area contributed by atoms with Crippen molar-refractivity contribution in [3.63, 3.8) is 0 Å². The van der Waals surface area contributed by atoms with Crippen LogP contribution < -0.4 is 10.6 Å². The van der Waals surface area contributed by atoms with E-state index < -0.39 is 0 Å². The molecule has 0 aliphatic carbocycles. The number of anilines is 1. The molecule has 0 saturated carbocycles. The van der Waals surface area contributed by atoms with E-state index in [1.54, 1.807) is 17.7 Å². The van der Waals surface area contributed by atoms with Crippen molar-refractivity contribution in [3.8, 4) is 0 Å². The molecule has 5 rings (SSSR count). The van der Waals surface area contributed by atoms with Crippen LogP contribution in [0.3, 0.4) is 0 Å². The van der Waals surface area contributed by atoms with Crippen LogP contribution in [0.25, 0.3) is 10.2 Å². The molecule has 25 heavy (non-hydrogen) atoms. The molecule has 2 saturated heterocycles. The number of rotatable bonds is 3. The Bertz CT molecular complexity index is 757. The molecule has 0 aromatic carbocycles. The summed E-state index contributed by atoms with van der Waals surface area (Å²) in [6, 6.07) is 0.773. The maximum atomic E-state index is 5.85. The first-order valence-corrected chi connectivity index (χ1v) is 10.3. The molecule has 2 N–H and O–H groups in total. The number of aromatic nitrogens is 2. The lowest BCUT2D eigenvalue weighted by atomic mass is 10.0. The van der Waals surface area contributed by atoms with E-state index in [4.69, 9.17) is 4.74 Å². The standard InChI is InChI=1S/C18H25N5OS/c1-2-6-23(7-3-1)14-10-24-9-13(14)22-17-16-12-4-5-19-8-15(12)25-18(16)21-11-20-17/h11,13-14,19H,1-10H2,(H,20,21,22)/t13-,14-/m1/s1. The van der Waals surface area contributed by atoms with Crippen molar-refractivity contribution >= 4 is 27.4 Å². The minimum Gasteiger partial charge on any atom is -0.378 e. The second kappa shape index (κ2) is 6.79. The Morgan fingerprint density at radius 2 is 2.12 bits per heavy atom. The van der Waals surface area contributed by atoms with Gasteiger partial charge in [0.2, 0.25) is 0 Å². The van der Waals surface area contributed by atoms with Crippen LogP contribution in [0.2, 0.25) is 0 Å². The summed E-state index contributed by atoms with van der Waals surface area (Å²) in [5.74, 6) is 1.00. The number of nitrogens with one attached hydrogen (secondary N) is 2. The van der Waals surface area contributed by atoms with E-state index in [0.717, 1.165) is 43.4 Å². The van der Waals surface area contributed by atoms with E-state index in [9.17, 15) is 0 Å². The summed E-state index contributed by atoms with van der Waals surface area (Å²) in [6.45, 7) is 5.99. The zero-order valence-electron chi connectivity index (χ0n) is 14.5. The third-order valence-electron chi connectivity index (χ3n) is 5.74. The Balaban J connectivity index is 1.44. The van der Waals surface area contributed by atoms with E-state index in [0.29, 0.717) is 12.1 Å². The lowest BCUT2D eigenvalue weighted by Gasteiger charge is -2.34. The second-order valence-corrected chi connectivity index (χ2v) is 8.37.